The summed E-state index contributed by atoms with van der Waals surface area (Å²) in [6.45, 7) is 0. The van der Waals surface area contributed by atoms with Crippen LogP contribution in [-0.4, -0.2) is 4.98 Å². The molecule has 20 heavy (non-hydrogen) atoms. The number of ether oxygens (including phenoxy) is 1. The van der Waals surface area contributed by atoms with Gasteiger partial charge >= 0.3 is 0 Å². The average Bonchev–Trinajstić information content (AvgIpc) is 2.51. The van der Waals surface area contributed by atoms with E-state index < -0.39 is 0 Å². The van der Waals surface area contributed by atoms with E-state index in [-0.39, 0.29) is 0 Å². The fraction of sp³-hybridized carbons (Fsp3) is 0.0625. The maximum atomic E-state index is 6.20. The largest absolute Gasteiger partial charge is 0.455 e. The van der Waals surface area contributed by atoms with E-state index >= 15 is 0 Å². The fourth-order valence-electron chi connectivity index (χ4n) is 2.05. The van der Waals surface area contributed by atoms with E-state index in [0.717, 1.165) is 22.1 Å². The minimum atomic E-state index is 0.378. The van der Waals surface area contributed by atoms with Crippen molar-refractivity contribution in [2.45, 2.75) is 5.88 Å². The van der Waals surface area contributed by atoms with Gasteiger partial charge in [0, 0.05) is 27.6 Å². The summed E-state index contributed by atoms with van der Waals surface area (Å²) in [6, 6.07) is 13.4. The topological polar surface area (TPSA) is 22.1 Å². The molecule has 0 aliphatic heterocycles. The third-order valence-electron chi connectivity index (χ3n) is 3.06. The lowest BCUT2D eigenvalue weighted by molar-refractivity contribution is 0.481. The molecule has 4 heteroatoms. The highest BCUT2D eigenvalue weighted by Gasteiger charge is 2.09. The van der Waals surface area contributed by atoms with Crippen LogP contribution in [0.15, 0.2) is 54.9 Å². The van der Waals surface area contributed by atoms with Crippen molar-refractivity contribution >= 4 is 34.0 Å². The van der Waals surface area contributed by atoms with Gasteiger partial charge in [-0.05, 0) is 18.2 Å². The molecule has 100 valence electrons. The number of rotatable bonds is 3. The molecule has 1 heterocycles. The Bertz CT molecular complexity index is 758. The number of hydrogen-bond donors (Lipinski definition) is 0. The van der Waals surface area contributed by atoms with Crippen molar-refractivity contribution in [3.63, 3.8) is 0 Å². The second-order valence-corrected chi connectivity index (χ2v) is 4.98. The normalized spacial score (nSPS) is 10.7. The van der Waals surface area contributed by atoms with Crippen molar-refractivity contribution in [3.8, 4) is 11.5 Å². The first-order valence-electron chi connectivity index (χ1n) is 6.13. The number of nitrogens with zero attached hydrogens (tertiary/aromatic N) is 1. The van der Waals surface area contributed by atoms with E-state index in [9.17, 15) is 0 Å². The summed E-state index contributed by atoms with van der Waals surface area (Å²) in [5.41, 5.74) is 0.903. The summed E-state index contributed by atoms with van der Waals surface area (Å²) < 4.78 is 5.96. The molecule has 0 bridgehead atoms. The molecule has 0 saturated carbocycles. The Hall–Kier alpha value is -1.77. The Balaban J connectivity index is 2.09. The zero-order valence-corrected chi connectivity index (χ0v) is 12.0. The van der Waals surface area contributed by atoms with Gasteiger partial charge in [0.2, 0.25) is 0 Å². The number of halogens is 2. The molecular formula is C16H11Cl2NO. The predicted octanol–water partition coefficient (Wildman–Crippen LogP) is 5.42. The maximum Gasteiger partial charge on any atom is 0.150 e. The molecule has 0 fully saturated rings. The Morgan fingerprint density at radius 2 is 1.75 bits per heavy atom. The van der Waals surface area contributed by atoms with Gasteiger partial charge in [0.1, 0.15) is 11.5 Å². The summed E-state index contributed by atoms with van der Waals surface area (Å²) in [4.78, 5) is 4.08. The third-order valence-corrected chi connectivity index (χ3v) is 3.68. The van der Waals surface area contributed by atoms with E-state index in [4.69, 9.17) is 27.9 Å². The van der Waals surface area contributed by atoms with Crippen LogP contribution in [0.1, 0.15) is 5.56 Å². The van der Waals surface area contributed by atoms with Gasteiger partial charge in [0.05, 0.1) is 12.1 Å². The lowest BCUT2D eigenvalue weighted by Gasteiger charge is -2.12. The molecule has 2 aromatic carbocycles. The Morgan fingerprint density at radius 3 is 2.55 bits per heavy atom. The number of hydrogen-bond acceptors (Lipinski definition) is 2. The van der Waals surface area contributed by atoms with Gasteiger partial charge < -0.3 is 4.74 Å². The van der Waals surface area contributed by atoms with E-state index in [1.54, 1.807) is 12.4 Å². The molecule has 0 saturated heterocycles. The summed E-state index contributed by atoms with van der Waals surface area (Å²) in [5.74, 6) is 1.78. The standard InChI is InChI=1S/C16H11Cl2NO/c17-9-11-7-8-19-10-16(11)20-15-6-5-14(18)12-3-1-2-4-13(12)15/h1-8,10H,9H2. The summed E-state index contributed by atoms with van der Waals surface area (Å²) >= 11 is 12.1. The van der Waals surface area contributed by atoms with Gasteiger partial charge in [-0.25, -0.2) is 0 Å². The molecule has 0 N–H and O–H groups in total. The first-order valence-corrected chi connectivity index (χ1v) is 7.05. The van der Waals surface area contributed by atoms with Crippen LogP contribution in [0, 0.1) is 0 Å². The summed E-state index contributed by atoms with van der Waals surface area (Å²) in [6.07, 6.45) is 3.37. The molecule has 0 amide bonds. The van der Waals surface area contributed by atoms with Crippen LogP contribution in [0.5, 0.6) is 11.5 Å². The SMILES string of the molecule is ClCc1ccncc1Oc1ccc(Cl)c2ccccc12. The minimum Gasteiger partial charge on any atom is -0.455 e. The molecule has 2 nitrogen and oxygen atoms in total. The lowest BCUT2D eigenvalue weighted by atomic mass is 10.1. The maximum absolute atomic E-state index is 6.20. The smallest absolute Gasteiger partial charge is 0.150 e. The van der Waals surface area contributed by atoms with Crippen molar-refractivity contribution < 1.29 is 4.74 Å². The van der Waals surface area contributed by atoms with E-state index in [2.05, 4.69) is 4.98 Å². The second-order valence-electron chi connectivity index (χ2n) is 4.31. The van der Waals surface area contributed by atoms with Crippen molar-refractivity contribution in [1.29, 1.82) is 0 Å². The number of pyridine rings is 1. The zero-order valence-electron chi connectivity index (χ0n) is 10.5. The zero-order chi connectivity index (χ0) is 13.9. The van der Waals surface area contributed by atoms with Crippen LogP contribution in [0.4, 0.5) is 0 Å². The highest BCUT2D eigenvalue weighted by atomic mass is 35.5. The van der Waals surface area contributed by atoms with Crippen LogP contribution >= 0.6 is 23.2 Å². The van der Waals surface area contributed by atoms with Gasteiger partial charge in [-0.15, -0.1) is 11.6 Å². The van der Waals surface area contributed by atoms with Gasteiger partial charge in [0.15, 0.2) is 0 Å². The summed E-state index contributed by atoms with van der Waals surface area (Å²) in [7, 11) is 0. The number of benzene rings is 2. The second kappa shape index (κ2) is 5.70. The van der Waals surface area contributed by atoms with Crippen molar-refractivity contribution in [2.75, 3.05) is 0 Å². The van der Waals surface area contributed by atoms with Gasteiger partial charge in [0.25, 0.3) is 0 Å². The van der Waals surface area contributed by atoms with Gasteiger partial charge in [-0.2, -0.15) is 0 Å². The Kier molecular flexibility index (Phi) is 3.77. The Labute approximate surface area is 126 Å². The van der Waals surface area contributed by atoms with Crippen molar-refractivity contribution in [3.05, 3.63) is 65.4 Å². The summed E-state index contributed by atoms with van der Waals surface area (Å²) in [5, 5.41) is 2.63. The van der Waals surface area contributed by atoms with Crippen molar-refractivity contribution in [2.24, 2.45) is 0 Å². The molecule has 1 aromatic heterocycles. The molecule has 0 spiro atoms. The van der Waals surface area contributed by atoms with E-state index in [1.165, 1.54) is 0 Å². The fourth-order valence-corrected chi connectivity index (χ4v) is 2.50. The molecule has 0 atom stereocenters. The first-order chi connectivity index (χ1) is 9.79. The highest BCUT2D eigenvalue weighted by Crippen LogP contribution is 2.35. The first kappa shape index (κ1) is 13.2. The average molecular weight is 304 g/mol. The number of alkyl halides is 1. The number of aromatic nitrogens is 1. The van der Waals surface area contributed by atoms with Crippen LogP contribution in [0.25, 0.3) is 10.8 Å². The van der Waals surface area contributed by atoms with Crippen LogP contribution in [0.2, 0.25) is 5.02 Å². The Morgan fingerprint density at radius 1 is 0.950 bits per heavy atom. The molecule has 0 aliphatic rings. The van der Waals surface area contributed by atoms with Crippen molar-refractivity contribution in [1.82, 2.24) is 4.98 Å². The van der Waals surface area contributed by atoms with E-state index in [0.29, 0.717) is 16.7 Å². The molecule has 0 radical (unpaired) electrons. The van der Waals surface area contributed by atoms with Crippen LogP contribution < -0.4 is 4.74 Å². The number of fused-ring (bicyclic) bond motifs is 1. The molecule has 0 aliphatic carbocycles. The lowest BCUT2D eigenvalue weighted by Crippen LogP contribution is -1.91. The molecule has 3 aromatic rings. The van der Waals surface area contributed by atoms with Gasteiger partial charge in [-0.1, -0.05) is 35.9 Å². The molecule has 0 unspecified atom stereocenters. The molecular weight excluding hydrogens is 293 g/mol. The quantitative estimate of drug-likeness (QED) is 0.603. The third kappa shape index (κ3) is 2.45. The van der Waals surface area contributed by atoms with Gasteiger partial charge in [-0.3, -0.25) is 4.98 Å². The minimum absolute atomic E-state index is 0.378. The van der Waals surface area contributed by atoms with Crippen LogP contribution in [0.3, 0.4) is 0 Å². The highest BCUT2D eigenvalue weighted by molar-refractivity contribution is 6.35. The monoisotopic (exact) mass is 303 g/mol. The predicted molar refractivity (Wildman–Crippen MR) is 82.8 cm³/mol. The van der Waals surface area contributed by atoms with Crippen LogP contribution in [-0.2, 0) is 5.88 Å². The van der Waals surface area contributed by atoms with E-state index in [1.807, 2.05) is 42.5 Å². The molecule has 3 rings (SSSR count).